The molecule has 1 aromatic carbocycles. The summed E-state index contributed by atoms with van der Waals surface area (Å²) < 4.78 is 1.74. The van der Waals surface area contributed by atoms with E-state index in [4.69, 9.17) is 0 Å². The number of amides is 1. The van der Waals surface area contributed by atoms with Crippen molar-refractivity contribution in [1.29, 1.82) is 0 Å². The molecule has 0 aliphatic carbocycles. The molecule has 1 saturated heterocycles. The van der Waals surface area contributed by atoms with Crippen molar-refractivity contribution in [3.63, 3.8) is 0 Å². The van der Waals surface area contributed by atoms with Crippen LogP contribution in [-0.4, -0.2) is 58.7 Å². The molecule has 0 unspecified atom stereocenters. The van der Waals surface area contributed by atoms with Crippen LogP contribution in [0.3, 0.4) is 0 Å². The molecule has 2 heterocycles. The molecule has 1 aliphatic rings. The van der Waals surface area contributed by atoms with Gasteiger partial charge in [0.25, 0.3) is 0 Å². The molecule has 1 aromatic heterocycles. The molecule has 0 radical (unpaired) electrons. The van der Waals surface area contributed by atoms with Gasteiger partial charge >= 0.3 is 0 Å². The average Bonchev–Trinajstić information content (AvgIpc) is 2.55. The van der Waals surface area contributed by atoms with E-state index in [2.05, 4.69) is 17.0 Å². The number of aryl methyl sites for hydroxylation is 1. The fraction of sp³-hybridized carbons (Fsp3) is 0.438. The first-order valence-electron chi connectivity index (χ1n) is 7.56. The highest BCUT2D eigenvalue weighted by atomic mass is 16.2. The monoisotopic (exact) mass is 300 g/mol. The normalized spacial score (nSPS) is 16.1. The van der Waals surface area contributed by atoms with Crippen LogP contribution in [0.4, 0.5) is 0 Å². The number of fused-ring (bicyclic) bond motifs is 1. The van der Waals surface area contributed by atoms with E-state index in [-0.39, 0.29) is 11.3 Å². The van der Waals surface area contributed by atoms with Gasteiger partial charge in [0, 0.05) is 38.0 Å². The minimum Gasteiger partial charge on any atom is -0.340 e. The lowest BCUT2D eigenvalue weighted by atomic mass is 10.2. The molecule has 116 valence electrons. The third-order valence-corrected chi connectivity index (χ3v) is 4.16. The molecule has 0 atom stereocenters. The topological polar surface area (TPSA) is 58.4 Å². The van der Waals surface area contributed by atoms with Crippen LogP contribution in [0.15, 0.2) is 35.3 Å². The highest BCUT2D eigenvalue weighted by Gasteiger charge is 2.18. The Morgan fingerprint density at radius 1 is 1.18 bits per heavy atom. The highest BCUT2D eigenvalue weighted by molar-refractivity contribution is 5.79. The Hall–Kier alpha value is -2.21. The second-order valence-corrected chi connectivity index (χ2v) is 5.68. The molecule has 0 bridgehead atoms. The van der Waals surface area contributed by atoms with Gasteiger partial charge in [-0.15, -0.1) is 0 Å². The number of hydrogen-bond acceptors (Lipinski definition) is 4. The molecule has 6 heteroatoms. The van der Waals surface area contributed by atoms with Crippen molar-refractivity contribution in [2.24, 2.45) is 0 Å². The molecule has 0 N–H and O–H groups in total. The quantitative estimate of drug-likeness (QED) is 0.831. The van der Waals surface area contributed by atoms with E-state index in [1.165, 1.54) is 6.20 Å². The van der Waals surface area contributed by atoms with E-state index in [0.29, 0.717) is 18.4 Å². The van der Waals surface area contributed by atoms with Gasteiger partial charge in [0.15, 0.2) is 0 Å². The van der Waals surface area contributed by atoms with E-state index in [0.717, 1.165) is 31.7 Å². The van der Waals surface area contributed by atoms with Crippen molar-refractivity contribution >= 4 is 16.8 Å². The van der Waals surface area contributed by atoms with Gasteiger partial charge in [0.05, 0.1) is 18.3 Å². The van der Waals surface area contributed by atoms with Gasteiger partial charge in [-0.25, -0.2) is 0 Å². The lowest BCUT2D eigenvalue weighted by molar-refractivity contribution is -0.133. The van der Waals surface area contributed by atoms with Crippen LogP contribution in [0.1, 0.15) is 6.42 Å². The summed E-state index contributed by atoms with van der Waals surface area (Å²) in [6, 6.07) is 7.37. The van der Waals surface area contributed by atoms with Gasteiger partial charge in [0.1, 0.15) is 0 Å². The predicted octanol–water partition coefficient (Wildman–Crippen LogP) is 0.561. The minimum absolute atomic E-state index is 0.0859. The Morgan fingerprint density at radius 2 is 1.91 bits per heavy atom. The number of carbonyl (C=O) groups is 1. The standard InChI is InChI=1S/C16H20N4O2/c1-18-8-10-19(11-9-18)16(22)6-7-20-14-5-3-2-4-13(14)15(21)12-17-20/h2-5,12H,6-11H2,1H3. The lowest BCUT2D eigenvalue weighted by Crippen LogP contribution is -2.47. The molecule has 2 aromatic rings. The molecule has 22 heavy (non-hydrogen) atoms. The second-order valence-electron chi connectivity index (χ2n) is 5.68. The number of nitrogens with zero attached hydrogens (tertiary/aromatic N) is 4. The number of aromatic nitrogens is 2. The average molecular weight is 300 g/mol. The first-order valence-corrected chi connectivity index (χ1v) is 7.56. The van der Waals surface area contributed by atoms with Crippen molar-refractivity contribution in [3.8, 4) is 0 Å². The van der Waals surface area contributed by atoms with Crippen molar-refractivity contribution in [3.05, 3.63) is 40.7 Å². The molecule has 3 rings (SSSR count). The molecule has 1 fully saturated rings. The Bertz CT molecular complexity index is 732. The zero-order valence-electron chi connectivity index (χ0n) is 12.7. The molecular weight excluding hydrogens is 280 g/mol. The van der Waals surface area contributed by atoms with Gasteiger partial charge in [-0.3, -0.25) is 14.3 Å². The molecular formula is C16H20N4O2. The van der Waals surface area contributed by atoms with E-state index >= 15 is 0 Å². The Morgan fingerprint density at radius 3 is 2.68 bits per heavy atom. The van der Waals surface area contributed by atoms with Crippen LogP contribution >= 0.6 is 0 Å². The summed E-state index contributed by atoms with van der Waals surface area (Å²) in [7, 11) is 2.07. The van der Waals surface area contributed by atoms with Crippen molar-refractivity contribution in [1.82, 2.24) is 19.6 Å². The summed E-state index contributed by atoms with van der Waals surface area (Å²) >= 11 is 0. The third kappa shape index (κ3) is 3.01. The van der Waals surface area contributed by atoms with Gasteiger partial charge in [-0.1, -0.05) is 12.1 Å². The van der Waals surface area contributed by atoms with Gasteiger partial charge in [-0.05, 0) is 19.2 Å². The number of hydrogen-bond donors (Lipinski definition) is 0. The van der Waals surface area contributed by atoms with Crippen LogP contribution in [0, 0.1) is 0 Å². The predicted molar refractivity (Wildman–Crippen MR) is 84.7 cm³/mol. The van der Waals surface area contributed by atoms with E-state index in [9.17, 15) is 9.59 Å². The van der Waals surface area contributed by atoms with Gasteiger partial charge in [-0.2, -0.15) is 5.10 Å². The van der Waals surface area contributed by atoms with Gasteiger partial charge < -0.3 is 9.80 Å². The molecule has 1 aliphatic heterocycles. The summed E-state index contributed by atoms with van der Waals surface area (Å²) in [5, 5.41) is 4.80. The Balaban J connectivity index is 1.70. The smallest absolute Gasteiger partial charge is 0.224 e. The summed E-state index contributed by atoms with van der Waals surface area (Å²) in [4.78, 5) is 28.2. The van der Waals surface area contributed by atoms with E-state index < -0.39 is 0 Å². The molecule has 0 spiro atoms. The number of rotatable bonds is 3. The summed E-state index contributed by atoms with van der Waals surface area (Å²) in [6.45, 7) is 3.91. The third-order valence-electron chi connectivity index (χ3n) is 4.16. The highest BCUT2D eigenvalue weighted by Crippen LogP contribution is 2.09. The largest absolute Gasteiger partial charge is 0.340 e. The zero-order chi connectivity index (χ0) is 15.5. The Kier molecular flexibility index (Phi) is 4.20. The van der Waals surface area contributed by atoms with Crippen molar-refractivity contribution < 1.29 is 4.79 Å². The SMILES string of the molecule is CN1CCN(C(=O)CCn2ncc(=O)c3ccccc32)CC1. The maximum Gasteiger partial charge on any atom is 0.224 e. The van der Waals surface area contributed by atoms with E-state index in [1.54, 1.807) is 10.7 Å². The number of carbonyl (C=O) groups excluding carboxylic acids is 1. The zero-order valence-corrected chi connectivity index (χ0v) is 12.7. The number of piperazine rings is 1. The fourth-order valence-corrected chi connectivity index (χ4v) is 2.75. The Labute approximate surface area is 128 Å². The summed E-state index contributed by atoms with van der Waals surface area (Å²) in [6.07, 6.45) is 1.73. The van der Waals surface area contributed by atoms with Crippen LogP contribution in [0.25, 0.3) is 10.9 Å². The van der Waals surface area contributed by atoms with Crippen LogP contribution in [0.2, 0.25) is 0 Å². The van der Waals surface area contributed by atoms with Crippen molar-refractivity contribution in [2.45, 2.75) is 13.0 Å². The van der Waals surface area contributed by atoms with Crippen LogP contribution in [-0.2, 0) is 11.3 Å². The van der Waals surface area contributed by atoms with Crippen molar-refractivity contribution in [2.75, 3.05) is 33.2 Å². The summed E-state index contributed by atoms with van der Waals surface area (Å²) in [5.74, 6) is 0.151. The number of likely N-dealkylation sites (N-methyl/N-ethyl adjacent to an activating group) is 1. The molecule has 0 saturated carbocycles. The van der Waals surface area contributed by atoms with Crippen LogP contribution < -0.4 is 5.43 Å². The minimum atomic E-state index is -0.0859. The fourth-order valence-electron chi connectivity index (χ4n) is 2.75. The maximum absolute atomic E-state index is 12.3. The van der Waals surface area contributed by atoms with Crippen LogP contribution in [0.5, 0.6) is 0 Å². The molecule has 1 amide bonds. The lowest BCUT2D eigenvalue weighted by Gasteiger charge is -2.32. The van der Waals surface area contributed by atoms with Gasteiger partial charge in [0.2, 0.25) is 11.3 Å². The summed E-state index contributed by atoms with van der Waals surface area (Å²) in [5.41, 5.74) is 0.693. The maximum atomic E-state index is 12.3. The second kappa shape index (κ2) is 6.27. The first-order chi connectivity index (χ1) is 10.6. The first kappa shape index (κ1) is 14.7. The number of benzene rings is 1. The van der Waals surface area contributed by atoms with E-state index in [1.807, 2.05) is 23.1 Å². The molecule has 6 nitrogen and oxygen atoms in total. The number of para-hydroxylation sites is 1.